The van der Waals surface area contributed by atoms with Gasteiger partial charge < -0.3 is 16.0 Å². The van der Waals surface area contributed by atoms with Gasteiger partial charge in [-0.1, -0.05) is 82.7 Å². The molecule has 1 atom stereocenters. The fourth-order valence-electron chi connectivity index (χ4n) is 2.80. The zero-order valence-electron chi connectivity index (χ0n) is 15.7. The molecule has 0 aliphatic carbocycles. The molecule has 0 spiro atoms. The highest BCUT2D eigenvalue weighted by molar-refractivity contribution is 5.92. The van der Waals surface area contributed by atoms with Crippen LogP contribution in [0.2, 0.25) is 0 Å². The molecule has 0 radical (unpaired) electrons. The molecule has 4 heteroatoms. The molecule has 23 heavy (non-hydrogen) atoms. The van der Waals surface area contributed by atoms with E-state index in [0.29, 0.717) is 12.1 Å². The van der Waals surface area contributed by atoms with Gasteiger partial charge in [0.2, 0.25) is 0 Å². The molecule has 0 heterocycles. The zero-order valence-corrected chi connectivity index (χ0v) is 15.7. The topological polar surface area (TPSA) is 78.8 Å². The first kappa shape index (κ1) is 22.4. The summed E-state index contributed by atoms with van der Waals surface area (Å²) in [5.41, 5.74) is 5.69. The fourth-order valence-corrected chi connectivity index (χ4v) is 2.80. The summed E-state index contributed by atoms with van der Waals surface area (Å²) in [6, 6.07) is 0. The van der Waals surface area contributed by atoms with Gasteiger partial charge in [0.1, 0.15) is 0 Å². The Balaban J connectivity index is 3.47. The molecule has 0 aromatic carbocycles. The van der Waals surface area contributed by atoms with E-state index >= 15 is 0 Å². The van der Waals surface area contributed by atoms with Gasteiger partial charge in [-0.3, -0.25) is 0 Å². The van der Waals surface area contributed by atoms with Crippen molar-refractivity contribution in [2.45, 2.75) is 116 Å². The third kappa shape index (κ3) is 13.5. The molecule has 0 saturated heterocycles. The Bertz CT molecular complexity index is 298. The summed E-state index contributed by atoms with van der Waals surface area (Å²) in [5.74, 6) is 0. The predicted molar refractivity (Wildman–Crippen MR) is 99.2 cm³/mol. The van der Waals surface area contributed by atoms with Gasteiger partial charge in [-0.05, 0) is 20.3 Å². The molecule has 0 fully saturated rings. The van der Waals surface area contributed by atoms with Crippen LogP contribution in [0, 0.1) is 0 Å². The Morgan fingerprint density at radius 3 is 1.74 bits per heavy atom. The summed E-state index contributed by atoms with van der Waals surface area (Å²) in [6.45, 7) is 5.83. The molecular weight excluding hydrogens is 288 g/mol. The summed E-state index contributed by atoms with van der Waals surface area (Å²) in [7, 11) is 0. The maximum atomic E-state index is 10.0. The van der Waals surface area contributed by atoms with Crippen LogP contribution in [-0.4, -0.2) is 27.7 Å². The summed E-state index contributed by atoms with van der Waals surface area (Å²) in [6.07, 6.45) is 15.0. The molecule has 0 rings (SSSR count). The minimum atomic E-state index is -0.674. The number of hydrogen-bond donors (Lipinski definition) is 3. The van der Waals surface area contributed by atoms with E-state index in [1.807, 2.05) is 0 Å². The van der Waals surface area contributed by atoms with E-state index in [-0.39, 0.29) is 0 Å². The lowest BCUT2D eigenvalue weighted by molar-refractivity contribution is 0.164. The van der Waals surface area contributed by atoms with E-state index in [9.17, 15) is 5.11 Å². The van der Waals surface area contributed by atoms with Gasteiger partial charge in [0.05, 0.1) is 17.4 Å². The first-order valence-corrected chi connectivity index (χ1v) is 9.60. The van der Waals surface area contributed by atoms with Crippen LogP contribution in [0.4, 0.5) is 0 Å². The first-order valence-electron chi connectivity index (χ1n) is 9.60. The highest BCUT2D eigenvalue weighted by atomic mass is 16.4. The second kappa shape index (κ2) is 13.8. The van der Waals surface area contributed by atoms with Crippen molar-refractivity contribution in [1.82, 2.24) is 0 Å². The molecule has 0 aliphatic rings. The molecule has 0 aromatic heterocycles. The van der Waals surface area contributed by atoms with Crippen molar-refractivity contribution in [3.63, 3.8) is 0 Å². The SMILES string of the molecule is CCCCCCCCCCCCCC(O)C/C(=N/O)C(C)(C)N. The summed E-state index contributed by atoms with van der Waals surface area (Å²) in [4.78, 5) is 0. The van der Waals surface area contributed by atoms with Gasteiger partial charge in [-0.2, -0.15) is 0 Å². The lowest BCUT2D eigenvalue weighted by atomic mass is 9.93. The number of oxime groups is 1. The minimum absolute atomic E-state index is 0.359. The van der Waals surface area contributed by atoms with Crippen molar-refractivity contribution in [2.24, 2.45) is 10.9 Å². The monoisotopic (exact) mass is 328 g/mol. The van der Waals surface area contributed by atoms with Crippen molar-refractivity contribution in [3.05, 3.63) is 0 Å². The smallest absolute Gasteiger partial charge is 0.0788 e. The third-order valence-electron chi connectivity index (χ3n) is 4.43. The van der Waals surface area contributed by atoms with E-state index < -0.39 is 11.6 Å². The highest BCUT2D eigenvalue weighted by Crippen LogP contribution is 2.15. The first-order chi connectivity index (χ1) is 10.9. The molecule has 0 amide bonds. The number of nitrogens with two attached hydrogens (primary N) is 1. The Kier molecular flexibility index (Phi) is 13.4. The maximum Gasteiger partial charge on any atom is 0.0788 e. The van der Waals surface area contributed by atoms with Gasteiger partial charge in [-0.25, -0.2) is 0 Å². The molecule has 4 nitrogen and oxygen atoms in total. The van der Waals surface area contributed by atoms with Crippen LogP contribution in [-0.2, 0) is 0 Å². The van der Waals surface area contributed by atoms with Crippen molar-refractivity contribution in [1.29, 1.82) is 0 Å². The van der Waals surface area contributed by atoms with E-state index in [0.717, 1.165) is 12.8 Å². The maximum absolute atomic E-state index is 10.0. The normalized spacial score (nSPS) is 14.2. The van der Waals surface area contributed by atoms with Crippen LogP contribution in [0.3, 0.4) is 0 Å². The van der Waals surface area contributed by atoms with Crippen LogP contribution in [0.15, 0.2) is 5.16 Å². The average molecular weight is 329 g/mol. The molecule has 0 saturated carbocycles. The van der Waals surface area contributed by atoms with E-state index in [2.05, 4.69) is 12.1 Å². The minimum Gasteiger partial charge on any atom is -0.411 e. The van der Waals surface area contributed by atoms with Crippen molar-refractivity contribution < 1.29 is 10.3 Å². The summed E-state index contributed by atoms with van der Waals surface area (Å²) >= 11 is 0. The van der Waals surface area contributed by atoms with Crippen LogP contribution in [0.5, 0.6) is 0 Å². The van der Waals surface area contributed by atoms with Crippen molar-refractivity contribution in [2.75, 3.05) is 0 Å². The lowest BCUT2D eigenvalue weighted by Gasteiger charge is -2.22. The Hall–Kier alpha value is -0.610. The molecule has 4 N–H and O–H groups in total. The average Bonchev–Trinajstić information content (AvgIpc) is 2.49. The molecule has 138 valence electrons. The molecule has 1 unspecified atom stereocenters. The van der Waals surface area contributed by atoms with E-state index in [4.69, 9.17) is 10.9 Å². The second-order valence-corrected chi connectivity index (χ2v) is 7.45. The zero-order chi connectivity index (χ0) is 17.6. The number of rotatable bonds is 15. The van der Waals surface area contributed by atoms with Gasteiger partial charge in [0.15, 0.2) is 0 Å². The van der Waals surface area contributed by atoms with Gasteiger partial charge in [0, 0.05) is 6.42 Å². The standard InChI is InChI=1S/C19H40N2O2/c1-4-5-6-7-8-9-10-11-12-13-14-15-17(22)16-18(21-23)19(2,3)20/h17,22-23H,4-16,20H2,1-3H3/b21-18-. The van der Waals surface area contributed by atoms with Crippen molar-refractivity contribution >= 4 is 5.71 Å². The lowest BCUT2D eigenvalue weighted by Crippen LogP contribution is -2.43. The van der Waals surface area contributed by atoms with Gasteiger partial charge in [0.25, 0.3) is 0 Å². The third-order valence-corrected chi connectivity index (χ3v) is 4.43. The number of unbranched alkanes of at least 4 members (excludes halogenated alkanes) is 10. The quantitative estimate of drug-likeness (QED) is 0.171. The van der Waals surface area contributed by atoms with Crippen LogP contribution < -0.4 is 5.73 Å². The Morgan fingerprint density at radius 2 is 1.35 bits per heavy atom. The molecule has 0 bridgehead atoms. The molecule has 0 aromatic rings. The summed E-state index contributed by atoms with van der Waals surface area (Å²) in [5, 5.41) is 22.2. The van der Waals surface area contributed by atoms with Crippen LogP contribution in [0.25, 0.3) is 0 Å². The Labute approximate surface area is 143 Å². The van der Waals surface area contributed by atoms with Gasteiger partial charge >= 0.3 is 0 Å². The number of aliphatic hydroxyl groups is 1. The van der Waals surface area contributed by atoms with Crippen molar-refractivity contribution in [3.8, 4) is 0 Å². The number of hydrogen-bond acceptors (Lipinski definition) is 4. The largest absolute Gasteiger partial charge is 0.411 e. The van der Waals surface area contributed by atoms with Crippen LogP contribution >= 0.6 is 0 Å². The molecular formula is C19H40N2O2. The fraction of sp³-hybridized carbons (Fsp3) is 0.947. The highest BCUT2D eigenvalue weighted by Gasteiger charge is 2.22. The van der Waals surface area contributed by atoms with E-state index in [1.165, 1.54) is 64.2 Å². The predicted octanol–water partition coefficient (Wildman–Crippen LogP) is 5.01. The van der Waals surface area contributed by atoms with Gasteiger partial charge in [-0.15, -0.1) is 0 Å². The second-order valence-electron chi connectivity index (χ2n) is 7.45. The van der Waals surface area contributed by atoms with E-state index in [1.54, 1.807) is 13.8 Å². The van der Waals surface area contributed by atoms with Crippen LogP contribution in [0.1, 0.15) is 104 Å². The number of aliphatic hydroxyl groups excluding tert-OH is 1. The number of nitrogens with zero attached hydrogens (tertiary/aromatic N) is 1. The Morgan fingerprint density at radius 1 is 0.913 bits per heavy atom. The molecule has 0 aliphatic heterocycles. The summed E-state index contributed by atoms with van der Waals surface area (Å²) < 4.78 is 0.